The Bertz CT molecular complexity index is 691. The van der Waals surface area contributed by atoms with E-state index in [9.17, 15) is 30.7 Å². The topological polar surface area (TPSA) is 0 Å². The van der Waals surface area contributed by atoms with Gasteiger partial charge in [-0.3, -0.25) is 0 Å². The van der Waals surface area contributed by atoms with Gasteiger partial charge in [-0.1, -0.05) is 19.8 Å². The zero-order valence-electron chi connectivity index (χ0n) is 17.2. The number of hydrogen-bond acceptors (Lipinski definition) is 0. The summed E-state index contributed by atoms with van der Waals surface area (Å²) in [5.41, 5.74) is 0.189. The zero-order chi connectivity index (χ0) is 22.1. The van der Waals surface area contributed by atoms with Crippen LogP contribution in [0, 0.1) is 35.2 Å². The van der Waals surface area contributed by atoms with Gasteiger partial charge in [0.2, 0.25) is 0 Å². The van der Waals surface area contributed by atoms with Crippen molar-refractivity contribution in [2.24, 2.45) is 17.8 Å². The molecule has 170 valence electrons. The van der Waals surface area contributed by atoms with E-state index in [0.717, 1.165) is 25.0 Å². The van der Waals surface area contributed by atoms with Gasteiger partial charge in [-0.15, -0.1) is 0 Å². The lowest BCUT2D eigenvalue weighted by Crippen LogP contribution is -2.52. The van der Waals surface area contributed by atoms with Crippen molar-refractivity contribution >= 4 is 0 Å². The van der Waals surface area contributed by atoms with E-state index >= 15 is 0 Å². The van der Waals surface area contributed by atoms with Crippen LogP contribution in [0.2, 0.25) is 0 Å². The molecule has 1 aromatic carbocycles. The van der Waals surface area contributed by atoms with Gasteiger partial charge in [0.25, 0.3) is 0 Å². The Hall–Kier alpha value is -1.27. The lowest BCUT2D eigenvalue weighted by molar-refractivity contribution is -0.269. The highest BCUT2D eigenvalue weighted by molar-refractivity contribution is 5.23. The second kappa shape index (κ2) is 9.07. The molecule has 2 fully saturated rings. The maximum atomic E-state index is 14.9. The van der Waals surface area contributed by atoms with E-state index in [1.54, 1.807) is 0 Å². The lowest BCUT2D eigenvalue weighted by Gasteiger charge is -2.42. The van der Waals surface area contributed by atoms with Crippen LogP contribution in [0.5, 0.6) is 0 Å². The number of alkyl halides is 4. The first-order chi connectivity index (χ1) is 14.1. The Balaban J connectivity index is 1.63. The third-order valence-electron chi connectivity index (χ3n) is 7.22. The van der Waals surface area contributed by atoms with Crippen molar-refractivity contribution in [1.82, 2.24) is 0 Å². The summed E-state index contributed by atoms with van der Waals surface area (Å²) in [5.74, 6) is -15.3. The quantitative estimate of drug-likeness (QED) is 0.310. The van der Waals surface area contributed by atoms with Crippen LogP contribution in [0.4, 0.5) is 30.7 Å². The fourth-order valence-corrected chi connectivity index (χ4v) is 5.37. The Morgan fingerprint density at radius 2 is 1.17 bits per heavy atom. The fourth-order valence-electron chi connectivity index (χ4n) is 5.37. The second-order valence-corrected chi connectivity index (χ2v) is 9.10. The van der Waals surface area contributed by atoms with Crippen molar-refractivity contribution < 1.29 is 30.7 Å². The first kappa shape index (κ1) is 23.4. The normalized spacial score (nSPS) is 28.5. The molecule has 7 heteroatoms. The number of halogens is 7. The fraction of sp³-hybridized carbons (Fsp3) is 0.739. The molecule has 0 aromatic heterocycles. The van der Waals surface area contributed by atoms with E-state index in [4.69, 9.17) is 0 Å². The number of benzene rings is 1. The van der Waals surface area contributed by atoms with Gasteiger partial charge in [-0.2, -0.15) is 17.6 Å². The van der Waals surface area contributed by atoms with Crippen LogP contribution in [0.1, 0.15) is 82.6 Å². The standard InChI is InChI=1S/C23H29F7/c1-2-3-14-4-8-17(9-5-14)22(27,28)23(29,30)18-10-6-15(7-11-18)16-12-19(24)21(26)20(25)13-16/h12-15,17-18H,2-11H2,1H3. The highest BCUT2D eigenvalue weighted by atomic mass is 19.3. The molecule has 0 spiro atoms. The molecule has 0 nitrogen and oxygen atoms in total. The monoisotopic (exact) mass is 438 g/mol. The van der Waals surface area contributed by atoms with Crippen molar-refractivity contribution in [3.05, 3.63) is 35.1 Å². The largest absolute Gasteiger partial charge is 0.313 e. The molecule has 0 N–H and O–H groups in total. The molecule has 0 bridgehead atoms. The third kappa shape index (κ3) is 4.50. The first-order valence-corrected chi connectivity index (χ1v) is 11.0. The summed E-state index contributed by atoms with van der Waals surface area (Å²) in [6.07, 6.45) is 3.22. The van der Waals surface area contributed by atoms with E-state index < -0.39 is 47.1 Å². The number of hydrogen-bond donors (Lipinski definition) is 0. The molecule has 2 aliphatic carbocycles. The summed E-state index contributed by atoms with van der Waals surface area (Å²) in [4.78, 5) is 0. The van der Waals surface area contributed by atoms with Gasteiger partial charge in [-0.25, -0.2) is 13.2 Å². The van der Waals surface area contributed by atoms with E-state index in [1.807, 2.05) is 6.92 Å². The zero-order valence-corrected chi connectivity index (χ0v) is 17.2. The lowest BCUT2D eigenvalue weighted by atomic mass is 9.70. The molecular weight excluding hydrogens is 409 g/mol. The van der Waals surface area contributed by atoms with Crippen LogP contribution >= 0.6 is 0 Å². The van der Waals surface area contributed by atoms with E-state index in [1.165, 1.54) is 0 Å². The highest BCUT2D eigenvalue weighted by Crippen LogP contribution is 2.54. The first-order valence-electron chi connectivity index (χ1n) is 11.0. The Labute approximate surface area is 173 Å². The van der Waals surface area contributed by atoms with Crippen LogP contribution in [0.15, 0.2) is 12.1 Å². The minimum Gasteiger partial charge on any atom is -0.204 e. The summed E-state index contributed by atoms with van der Waals surface area (Å²) in [7, 11) is 0. The molecule has 0 aliphatic heterocycles. The molecule has 0 atom stereocenters. The SMILES string of the molecule is CCCC1CCC(C(F)(F)C(F)(F)C2CCC(c3cc(F)c(F)c(F)c3)CC2)CC1. The smallest absolute Gasteiger partial charge is 0.204 e. The van der Waals surface area contributed by atoms with Gasteiger partial charge in [-0.05, 0) is 80.9 Å². The molecule has 2 saturated carbocycles. The van der Waals surface area contributed by atoms with Crippen LogP contribution in [0.3, 0.4) is 0 Å². The predicted molar refractivity (Wildman–Crippen MR) is 101 cm³/mol. The minimum atomic E-state index is -4.11. The van der Waals surface area contributed by atoms with Crippen molar-refractivity contribution in [3.63, 3.8) is 0 Å². The maximum absolute atomic E-state index is 14.9. The van der Waals surface area contributed by atoms with Crippen LogP contribution in [0.25, 0.3) is 0 Å². The summed E-state index contributed by atoms with van der Waals surface area (Å²) in [6.45, 7) is 2.03. The van der Waals surface area contributed by atoms with Gasteiger partial charge >= 0.3 is 11.8 Å². The van der Waals surface area contributed by atoms with Gasteiger partial charge in [0.15, 0.2) is 17.5 Å². The highest BCUT2D eigenvalue weighted by Gasteiger charge is 2.64. The molecular formula is C23H29F7. The molecule has 1 aromatic rings. The summed E-state index contributed by atoms with van der Waals surface area (Å²) < 4.78 is 99.6. The Morgan fingerprint density at radius 3 is 1.60 bits per heavy atom. The van der Waals surface area contributed by atoms with Gasteiger partial charge in [0.1, 0.15) is 0 Å². The van der Waals surface area contributed by atoms with Gasteiger partial charge in [0, 0.05) is 11.8 Å². The van der Waals surface area contributed by atoms with E-state index in [0.29, 0.717) is 18.8 Å². The van der Waals surface area contributed by atoms with Crippen LogP contribution in [-0.2, 0) is 0 Å². The molecule has 0 amide bonds. The van der Waals surface area contributed by atoms with E-state index in [-0.39, 0.29) is 44.1 Å². The van der Waals surface area contributed by atoms with Gasteiger partial charge in [0.05, 0.1) is 0 Å². The summed E-state index contributed by atoms with van der Waals surface area (Å²) in [6, 6.07) is 1.73. The van der Waals surface area contributed by atoms with Crippen LogP contribution < -0.4 is 0 Å². The van der Waals surface area contributed by atoms with Crippen molar-refractivity contribution in [2.75, 3.05) is 0 Å². The summed E-state index contributed by atoms with van der Waals surface area (Å²) >= 11 is 0. The third-order valence-corrected chi connectivity index (χ3v) is 7.22. The molecule has 0 radical (unpaired) electrons. The van der Waals surface area contributed by atoms with Crippen molar-refractivity contribution in [3.8, 4) is 0 Å². The van der Waals surface area contributed by atoms with Crippen LogP contribution in [-0.4, -0.2) is 11.8 Å². The molecule has 3 rings (SSSR count). The number of rotatable bonds is 6. The predicted octanol–water partition coefficient (Wildman–Crippen LogP) is 8.25. The van der Waals surface area contributed by atoms with E-state index in [2.05, 4.69) is 0 Å². The summed E-state index contributed by atoms with van der Waals surface area (Å²) in [5, 5.41) is 0. The molecule has 0 unspecified atom stereocenters. The second-order valence-electron chi connectivity index (χ2n) is 9.10. The average molecular weight is 438 g/mol. The minimum absolute atomic E-state index is 0.115. The van der Waals surface area contributed by atoms with Crippen molar-refractivity contribution in [2.45, 2.75) is 88.9 Å². The van der Waals surface area contributed by atoms with Crippen molar-refractivity contribution in [1.29, 1.82) is 0 Å². The maximum Gasteiger partial charge on any atom is 0.313 e. The molecule has 30 heavy (non-hydrogen) atoms. The Morgan fingerprint density at radius 1 is 0.733 bits per heavy atom. The van der Waals surface area contributed by atoms with Gasteiger partial charge < -0.3 is 0 Å². The Kier molecular flexibility index (Phi) is 7.08. The molecule has 2 aliphatic rings. The molecule has 0 saturated heterocycles. The average Bonchev–Trinajstić information content (AvgIpc) is 2.72. The molecule has 0 heterocycles.